The zero-order valence-corrected chi connectivity index (χ0v) is 12.9. The molecule has 1 aliphatic carbocycles. The SMILES string of the molecule is CCCCN(CCC(=O)c1c(F)cccc1OC)C1CC1. The summed E-state index contributed by atoms with van der Waals surface area (Å²) in [6.07, 6.45) is 5.09. The van der Waals surface area contributed by atoms with Crippen LogP contribution in [0.25, 0.3) is 0 Å². The molecule has 0 saturated heterocycles. The molecule has 1 aromatic carbocycles. The average Bonchev–Trinajstić information content (AvgIpc) is 3.31. The molecule has 1 saturated carbocycles. The lowest BCUT2D eigenvalue weighted by atomic mass is 10.1. The number of rotatable bonds is 9. The standard InChI is InChI=1S/C17H24FNO2/c1-3-4-11-19(13-8-9-13)12-10-15(20)17-14(18)6-5-7-16(17)21-2/h5-7,13H,3-4,8-12H2,1-2H3. The third kappa shape index (κ3) is 4.27. The van der Waals surface area contributed by atoms with Crippen molar-refractivity contribution in [3.05, 3.63) is 29.6 Å². The number of hydrogen-bond donors (Lipinski definition) is 0. The summed E-state index contributed by atoms with van der Waals surface area (Å²) in [6, 6.07) is 5.13. The van der Waals surface area contributed by atoms with Gasteiger partial charge in [0.25, 0.3) is 0 Å². The normalized spacial score (nSPS) is 14.5. The number of nitrogens with zero attached hydrogens (tertiary/aromatic N) is 1. The van der Waals surface area contributed by atoms with E-state index in [-0.39, 0.29) is 11.3 Å². The van der Waals surface area contributed by atoms with Gasteiger partial charge in [0.1, 0.15) is 11.6 Å². The first-order valence-electron chi connectivity index (χ1n) is 7.77. The highest BCUT2D eigenvalue weighted by Crippen LogP contribution is 2.28. The Morgan fingerprint density at radius 3 is 2.76 bits per heavy atom. The van der Waals surface area contributed by atoms with E-state index >= 15 is 0 Å². The van der Waals surface area contributed by atoms with Crippen LogP contribution in [0.1, 0.15) is 49.4 Å². The molecule has 0 unspecified atom stereocenters. The smallest absolute Gasteiger partial charge is 0.170 e. The third-order valence-electron chi connectivity index (χ3n) is 3.96. The summed E-state index contributed by atoms with van der Waals surface area (Å²) in [5.41, 5.74) is 0.0891. The second-order valence-corrected chi connectivity index (χ2v) is 5.61. The first-order valence-corrected chi connectivity index (χ1v) is 7.77. The van der Waals surface area contributed by atoms with Crippen LogP contribution in [-0.4, -0.2) is 36.9 Å². The monoisotopic (exact) mass is 293 g/mol. The van der Waals surface area contributed by atoms with Crippen molar-refractivity contribution in [2.75, 3.05) is 20.2 Å². The number of ketones is 1. The van der Waals surface area contributed by atoms with Crippen molar-refractivity contribution in [3.8, 4) is 5.75 Å². The van der Waals surface area contributed by atoms with E-state index in [9.17, 15) is 9.18 Å². The van der Waals surface area contributed by atoms with Gasteiger partial charge in [0.2, 0.25) is 0 Å². The minimum absolute atomic E-state index is 0.0891. The van der Waals surface area contributed by atoms with Gasteiger partial charge in [-0.1, -0.05) is 19.4 Å². The quantitative estimate of drug-likeness (QED) is 0.651. The number of benzene rings is 1. The Hall–Kier alpha value is -1.42. The molecule has 21 heavy (non-hydrogen) atoms. The minimum Gasteiger partial charge on any atom is -0.496 e. The Labute approximate surface area is 126 Å². The molecule has 0 radical (unpaired) electrons. The van der Waals surface area contributed by atoms with Gasteiger partial charge in [0, 0.05) is 19.0 Å². The van der Waals surface area contributed by atoms with E-state index in [2.05, 4.69) is 11.8 Å². The van der Waals surface area contributed by atoms with Crippen LogP contribution >= 0.6 is 0 Å². The minimum atomic E-state index is -0.495. The predicted octanol–water partition coefficient (Wildman–Crippen LogP) is 3.67. The van der Waals surface area contributed by atoms with Gasteiger partial charge in [0.05, 0.1) is 12.7 Å². The lowest BCUT2D eigenvalue weighted by Gasteiger charge is -2.21. The Morgan fingerprint density at radius 1 is 1.38 bits per heavy atom. The first kappa shape index (κ1) is 16.0. The number of halogens is 1. The summed E-state index contributed by atoms with van der Waals surface area (Å²) >= 11 is 0. The molecule has 0 atom stereocenters. The van der Waals surface area contributed by atoms with Crippen LogP contribution in [0, 0.1) is 5.82 Å². The largest absolute Gasteiger partial charge is 0.496 e. The Balaban J connectivity index is 1.97. The molecular weight excluding hydrogens is 269 g/mol. The zero-order chi connectivity index (χ0) is 15.2. The Morgan fingerprint density at radius 2 is 2.14 bits per heavy atom. The van der Waals surface area contributed by atoms with E-state index in [0.29, 0.717) is 24.8 Å². The molecule has 1 fully saturated rings. The number of carbonyl (C=O) groups is 1. The molecule has 0 aliphatic heterocycles. The Kier molecular flexibility index (Phi) is 5.74. The fourth-order valence-electron chi connectivity index (χ4n) is 2.59. The Bertz CT molecular complexity index is 486. The number of methoxy groups -OCH3 is 1. The van der Waals surface area contributed by atoms with Gasteiger partial charge >= 0.3 is 0 Å². The van der Waals surface area contributed by atoms with Crippen molar-refractivity contribution in [1.29, 1.82) is 0 Å². The number of Topliss-reactive ketones (excluding diaryl/α,β-unsaturated/α-hetero) is 1. The van der Waals surface area contributed by atoms with Crippen LogP contribution in [0.2, 0.25) is 0 Å². The molecule has 4 heteroatoms. The second-order valence-electron chi connectivity index (χ2n) is 5.61. The van der Waals surface area contributed by atoms with Gasteiger partial charge in [-0.2, -0.15) is 0 Å². The van der Waals surface area contributed by atoms with Crippen LogP contribution in [0.4, 0.5) is 4.39 Å². The van der Waals surface area contributed by atoms with Crippen LogP contribution in [-0.2, 0) is 0 Å². The average molecular weight is 293 g/mol. The van der Waals surface area contributed by atoms with Crippen molar-refractivity contribution in [2.45, 2.75) is 45.1 Å². The zero-order valence-electron chi connectivity index (χ0n) is 12.9. The predicted molar refractivity (Wildman–Crippen MR) is 81.4 cm³/mol. The highest BCUT2D eigenvalue weighted by atomic mass is 19.1. The number of unbranched alkanes of at least 4 members (excludes halogenated alkanes) is 1. The number of carbonyl (C=O) groups excluding carboxylic acids is 1. The molecule has 2 rings (SSSR count). The van der Waals surface area contributed by atoms with E-state index < -0.39 is 5.82 Å². The van der Waals surface area contributed by atoms with Gasteiger partial charge in [-0.25, -0.2) is 4.39 Å². The molecular formula is C17H24FNO2. The topological polar surface area (TPSA) is 29.5 Å². The fraction of sp³-hybridized carbons (Fsp3) is 0.588. The summed E-state index contributed by atoms with van der Waals surface area (Å²) < 4.78 is 19.0. The van der Waals surface area contributed by atoms with Gasteiger partial charge < -0.3 is 4.74 Å². The molecule has 0 heterocycles. The molecule has 0 N–H and O–H groups in total. The lowest BCUT2D eigenvalue weighted by Crippen LogP contribution is -2.29. The van der Waals surface area contributed by atoms with Crippen LogP contribution < -0.4 is 4.74 Å². The number of hydrogen-bond acceptors (Lipinski definition) is 3. The van der Waals surface area contributed by atoms with Crippen LogP contribution in [0.5, 0.6) is 5.75 Å². The molecule has 1 aliphatic rings. The second kappa shape index (κ2) is 7.55. The van der Waals surface area contributed by atoms with Gasteiger partial charge in [0.15, 0.2) is 5.78 Å². The van der Waals surface area contributed by atoms with Crippen LogP contribution in [0.3, 0.4) is 0 Å². The molecule has 3 nitrogen and oxygen atoms in total. The number of ether oxygens (including phenoxy) is 1. The molecule has 0 bridgehead atoms. The van der Waals surface area contributed by atoms with Crippen molar-refractivity contribution in [1.82, 2.24) is 4.90 Å². The van der Waals surface area contributed by atoms with Gasteiger partial charge in [-0.05, 0) is 37.9 Å². The van der Waals surface area contributed by atoms with E-state index in [1.54, 1.807) is 12.1 Å². The summed E-state index contributed by atoms with van der Waals surface area (Å²) in [5, 5.41) is 0. The van der Waals surface area contributed by atoms with E-state index in [1.807, 2.05) is 0 Å². The van der Waals surface area contributed by atoms with Crippen LogP contribution in [0.15, 0.2) is 18.2 Å². The highest BCUT2D eigenvalue weighted by molar-refractivity contribution is 5.99. The fourth-order valence-corrected chi connectivity index (χ4v) is 2.59. The summed E-state index contributed by atoms with van der Waals surface area (Å²) in [5.74, 6) is -0.343. The summed E-state index contributed by atoms with van der Waals surface area (Å²) in [4.78, 5) is 14.7. The van der Waals surface area contributed by atoms with E-state index in [1.165, 1.54) is 26.0 Å². The highest BCUT2D eigenvalue weighted by Gasteiger charge is 2.29. The summed E-state index contributed by atoms with van der Waals surface area (Å²) in [6.45, 7) is 3.91. The lowest BCUT2D eigenvalue weighted by molar-refractivity contribution is 0.0954. The summed E-state index contributed by atoms with van der Waals surface area (Å²) in [7, 11) is 1.46. The molecule has 0 spiro atoms. The molecule has 1 aromatic rings. The maximum absolute atomic E-state index is 13.9. The molecule has 116 valence electrons. The van der Waals surface area contributed by atoms with Crippen molar-refractivity contribution in [2.24, 2.45) is 0 Å². The van der Waals surface area contributed by atoms with E-state index in [0.717, 1.165) is 19.4 Å². The third-order valence-corrected chi connectivity index (χ3v) is 3.96. The van der Waals surface area contributed by atoms with Crippen molar-refractivity contribution in [3.63, 3.8) is 0 Å². The van der Waals surface area contributed by atoms with Gasteiger partial charge in [-0.3, -0.25) is 9.69 Å². The maximum Gasteiger partial charge on any atom is 0.170 e. The maximum atomic E-state index is 13.9. The van der Waals surface area contributed by atoms with E-state index in [4.69, 9.17) is 4.74 Å². The van der Waals surface area contributed by atoms with Gasteiger partial charge in [-0.15, -0.1) is 0 Å². The molecule has 0 aromatic heterocycles. The molecule has 0 amide bonds. The first-order chi connectivity index (χ1) is 10.2. The van der Waals surface area contributed by atoms with Crippen molar-refractivity contribution < 1.29 is 13.9 Å². The van der Waals surface area contributed by atoms with Crippen molar-refractivity contribution >= 4 is 5.78 Å².